The van der Waals surface area contributed by atoms with Crippen molar-refractivity contribution in [3.8, 4) is 34.4 Å². The van der Waals surface area contributed by atoms with Crippen LogP contribution in [0.3, 0.4) is 0 Å². The summed E-state index contributed by atoms with van der Waals surface area (Å²) in [5, 5.41) is 7.42. The molecule has 0 aliphatic heterocycles. The van der Waals surface area contributed by atoms with Crippen molar-refractivity contribution < 1.29 is 23.2 Å². The summed E-state index contributed by atoms with van der Waals surface area (Å²) in [5.41, 5.74) is 4.73. The summed E-state index contributed by atoms with van der Waals surface area (Å²) in [5.74, 6) is 1.79. The number of hydrogen-bond acceptors (Lipinski definition) is 7. The van der Waals surface area contributed by atoms with E-state index in [2.05, 4.69) is 20.6 Å². The zero-order valence-electron chi connectivity index (χ0n) is 25.8. The number of aromatic nitrogens is 2. The average Bonchev–Trinajstić information content (AvgIpc) is 3.88. The van der Waals surface area contributed by atoms with Crippen LogP contribution < -0.4 is 15.4 Å². The van der Waals surface area contributed by atoms with E-state index in [0.29, 0.717) is 67.9 Å². The first-order chi connectivity index (χ1) is 24.1. The van der Waals surface area contributed by atoms with E-state index in [0.717, 1.165) is 10.8 Å². The predicted molar refractivity (Wildman–Crippen MR) is 188 cm³/mol. The van der Waals surface area contributed by atoms with E-state index in [1.54, 1.807) is 85.3 Å². The number of ether oxygens (including phenoxy) is 1. The van der Waals surface area contributed by atoms with E-state index in [4.69, 9.17) is 13.6 Å². The molecule has 2 N–H and O–H groups in total. The van der Waals surface area contributed by atoms with Gasteiger partial charge in [0.05, 0.1) is 34.7 Å². The molecular weight excluding hydrogens is 616 g/mol. The lowest BCUT2D eigenvalue weighted by molar-refractivity contribution is 0.102. The number of nitrogens with one attached hydrogen (secondary N) is 2. The smallest absolute Gasteiger partial charge is 0.256 e. The summed E-state index contributed by atoms with van der Waals surface area (Å²) in [6.45, 7) is 0. The lowest BCUT2D eigenvalue weighted by Crippen LogP contribution is -2.13. The molecule has 0 aliphatic rings. The van der Waals surface area contributed by atoms with Crippen molar-refractivity contribution in [3.05, 3.63) is 157 Å². The van der Waals surface area contributed by atoms with Crippen molar-refractivity contribution in [2.45, 2.75) is 0 Å². The van der Waals surface area contributed by atoms with Gasteiger partial charge in [-0.1, -0.05) is 36.4 Å². The van der Waals surface area contributed by atoms with Gasteiger partial charge in [-0.05, 0) is 97.1 Å². The number of pyridine rings is 2. The van der Waals surface area contributed by atoms with Gasteiger partial charge in [0.25, 0.3) is 11.8 Å². The maximum Gasteiger partial charge on any atom is 0.256 e. The molecule has 0 fully saturated rings. The number of carbonyl (C=O) groups is 2. The Morgan fingerprint density at radius 2 is 0.939 bits per heavy atom. The minimum atomic E-state index is -0.269. The Morgan fingerprint density at radius 1 is 0.510 bits per heavy atom. The van der Waals surface area contributed by atoms with Gasteiger partial charge in [-0.2, -0.15) is 0 Å². The maximum atomic E-state index is 13.4. The molecular formula is C40H26N4O5. The van der Waals surface area contributed by atoms with E-state index in [9.17, 15) is 9.59 Å². The highest BCUT2D eigenvalue weighted by atomic mass is 16.5. The third-order valence-electron chi connectivity index (χ3n) is 7.93. The van der Waals surface area contributed by atoms with Crippen molar-refractivity contribution in [1.82, 2.24) is 9.97 Å². The number of carbonyl (C=O) groups excluding carboxylic acids is 2. The van der Waals surface area contributed by atoms with Crippen LogP contribution in [0, 0.1) is 0 Å². The summed E-state index contributed by atoms with van der Waals surface area (Å²) in [6.07, 6.45) is 3.15. The highest BCUT2D eigenvalue weighted by Crippen LogP contribution is 2.29. The van der Waals surface area contributed by atoms with Gasteiger partial charge < -0.3 is 24.2 Å². The Hall–Kier alpha value is -7.00. The SMILES string of the molecule is O=C(Nc1ccc(Oc2ccc(NC(=O)c3cc(-c4ccco4)nc4ccccc34)cc2)cc1)c1cc(-c2ccco2)nc2ccccc12. The lowest BCUT2D eigenvalue weighted by Gasteiger charge is -2.12. The van der Waals surface area contributed by atoms with Gasteiger partial charge >= 0.3 is 0 Å². The van der Waals surface area contributed by atoms with E-state index in [1.165, 1.54) is 0 Å². The fourth-order valence-electron chi connectivity index (χ4n) is 5.57. The second-order valence-corrected chi connectivity index (χ2v) is 11.2. The van der Waals surface area contributed by atoms with Gasteiger partial charge in [-0.25, -0.2) is 9.97 Å². The number of fused-ring (bicyclic) bond motifs is 2. The molecule has 9 nitrogen and oxygen atoms in total. The molecule has 0 saturated carbocycles. The second-order valence-electron chi connectivity index (χ2n) is 11.2. The maximum absolute atomic E-state index is 13.4. The zero-order chi connectivity index (χ0) is 33.2. The highest BCUT2D eigenvalue weighted by Gasteiger charge is 2.17. The van der Waals surface area contributed by atoms with Crippen LogP contribution in [-0.4, -0.2) is 21.8 Å². The number of hydrogen-bond donors (Lipinski definition) is 2. The molecule has 0 atom stereocenters. The van der Waals surface area contributed by atoms with Gasteiger partial charge in [0, 0.05) is 22.1 Å². The van der Waals surface area contributed by atoms with Crippen molar-refractivity contribution >= 4 is 45.0 Å². The van der Waals surface area contributed by atoms with Crippen LogP contribution in [0.1, 0.15) is 20.7 Å². The molecule has 49 heavy (non-hydrogen) atoms. The molecule has 0 radical (unpaired) electrons. The fourth-order valence-corrected chi connectivity index (χ4v) is 5.57. The van der Waals surface area contributed by atoms with Crippen LogP contribution in [-0.2, 0) is 0 Å². The van der Waals surface area contributed by atoms with Crippen LogP contribution in [0.25, 0.3) is 44.7 Å². The average molecular weight is 643 g/mol. The summed E-state index contributed by atoms with van der Waals surface area (Å²) >= 11 is 0. The van der Waals surface area contributed by atoms with E-state index >= 15 is 0 Å². The van der Waals surface area contributed by atoms with Gasteiger partial charge in [0.2, 0.25) is 0 Å². The fraction of sp³-hybridized carbons (Fsp3) is 0. The molecule has 2 amide bonds. The number of nitrogens with zero attached hydrogens (tertiary/aromatic N) is 2. The molecule has 0 spiro atoms. The quantitative estimate of drug-likeness (QED) is 0.169. The molecule has 8 aromatic rings. The monoisotopic (exact) mass is 642 g/mol. The Bertz CT molecular complexity index is 2260. The summed E-state index contributed by atoms with van der Waals surface area (Å²) < 4.78 is 17.1. The van der Waals surface area contributed by atoms with Crippen molar-refractivity contribution in [1.29, 1.82) is 0 Å². The third kappa shape index (κ3) is 6.11. The topological polar surface area (TPSA) is 119 Å². The molecule has 236 valence electrons. The molecule has 0 aliphatic carbocycles. The zero-order valence-corrected chi connectivity index (χ0v) is 25.8. The van der Waals surface area contributed by atoms with E-state index in [1.807, 2.05) is 60.7 Å². The van der Waals surface area contributed by atoms with Crippen LogP contribution >= 0.6 is 0 Å². The van der Waals surface area contributed by atoms with Crippen LogP contribution in [0.5, 0.6) is 11.5 Å². The molecule has 4 heterocycles. The first-order valence-corrected chi connectivity index (χ1v) is 15.5. The summed E-state index contributed by atoms with van der Waals surface area (Å²) in [7, 11) is 0. The first-order valence-electron chi connectivity index (χ1n) is 15.5. The van der Waals surface area contributed by atoms with Crippen LogP contribution in [0.15, 0.2) is 155 Å². The predicted octanol–water partition coefficient (Wildman–Crippen LogP) is 9.60. The summed E-state index contributed by atoms with van der Waals surface area (Å²) in [6, 6.07) is 39.8. The number of furan rings is 2. The number of benzene rings is 4. The standard InChI is InChI=1S/C40H26N4O5/c45-39(31-23-35(37-11-5-21-47-37)43-33-9-3-1-7-29(31)33)41-25-13-17-27(18-14-25)49-28-19-15-26(16-20-28)42-40(46)32-24-36(38-12-6-22-48-38)44-34-10-4-2-8-30(32)34/h1-24H,(H,41,45)(H,42,46). The molecule has 0 unspecified atom stereocenters. The van der Waals surface area contributed by atoms with Gasteiger partial charge in [-0.3, -0.25) is 9.59 Å². The Morgan fingerprint density at radius 3 is 1.35 bits per heavy atom. The van der Waals surface area contributed by atoms with Gasteiger partial charge in [0.15, 0.2) is 11.5 Å². The Kier molecular flexibility index (Phi) is 7.59. The molecule has 9 heteroatoms. The number of rotatable bonds is 8. The molecule has 4 aromatic carbocycles. The molecule has 8 rings (SSSR count). The van der Waals surface area contributed by atoms with E-state index < -0.39 is 0 Å². The van der Waals surface area contributed by atoms with Crippen molar-refractivity contribution in [2.24, 2.45) is 0 Å². The number of anilines is 2. The van der Waals surface area contributed by atoms with Gasteiger partial charge in [-0.15, -0.1) is 0 Å². The Balaban J connectivity index is 0.945. The summed E-state index contributed by atoms with van der Waals surface area (Å²) in [4.78, 5) is 36.2. The minimum absolute atomic E-state index is 0.269. The van der Waals surface area contributed by atoms with E-state index in [-0.39, 0.29) is 11.8 Å². The van der Waals surface area contributed by atoms with Crippen molar-refractivity contribution in [2.75, 3.05) is 10.6 Å². The Labute approximate surface area is 279 Å². The van der Waals surface area contributed by atoms with Crippen molar-refractivity contribution in [3.63, 3.8) is 0 Å². The largest absolute Gasteiger partial charge is 0.463 e. The van der Waals surface area contributed by atoms with Crippen LogP contribution in [0.4, 0.5) is 11.4 Å². The first kappa shape index (κ1) is 29.4. The van der Waals surface area contributed by atoms with Gasteiger partial charge in [0.1, 0.15) is 22.9 Å². The van der Waals surface area contributed by atoms with Crippen LogP contribution in [0.2, 0.25) is 0 Å². The number of amides is 2. The molecule has 0 saturated heterocycles. The number of para-hydroxylation sites is 2. The minimum Gasteiger partial charge on any atom is -0.463 e. The second kappa shape index (κ2) is 12.7. The normalized spacial score (nSPS) is 11.0. The molecule has 4 aromatic heterocycles. The lowest BCUT2D eigenvalue weighted by atomic mass is 10.1. The molecule has 0 bridgehead atoms. The highest BCUT2D eigenvalue weighted by molar-refractivity contribution is 6.14. The third-order valence-corrected chi connectivity index (χ3v) is 7.93.